The number of rotatable bonds is 3. The van der Waals surface area contributed by atoms with E-state index in [0.717, 1.165) is 6.07 Å². The van der Waals surface area contributed by atoms with Crippen molar-refractivity contribution in [2.24, 2.45) is 5.41 Å². The molecule has 0 fully saturated rings. The topological polar surface area (TPSA) is 55.8 Å². The Labute approximate surface area is 148 Å². The number of carbonyl (C=O) groups is 1. The average Bonchev–Trinajstić information content (AvgIpc) is 2.67. The Bertz CT molecular complexity index is 734. The van der Waals surface area contributed by atoms with Gasteiger partial charge in [0.05, 0.1) is 5.02 Å². The Morgan fingerprint density at radius 1 is 1.28 bits per heavy atom. The van der Waals surface area contributed by atoms with Crippen LogP contribution in [-0.2, 0) is 9.53 Å². The minimum absolute atomic E-state index is 0.0312. The zero-order valence-electron chi connectivity index (χ0n) is 14.1. The maximum absolute atomic E-state index is 12.3. The zero-order valence-corrected chi connectivity index (χ0v) is 14.9. The summed E-state index contributed by atoms with van der Waals surface area (Å²) < 4.78 is 46.6. The van der Waals surface area contributed by atoms with Crippen molar-refractivity contribution in [2.75, 3.05) is 6.61 Å². The Hall–Kier alpha value is -1.89. The number of ether oxygens (including phenoxy) is 2. The molecule has 0 saturated heterocycles. The molecule has 0 amide bonds. The molecule has 1 aromatic rings. The highest BCUT2D eigenvalue weighted by Gasteiger charge is 2.52. The van der Waals surface area contributed by atoms with Crippen molar-refractivity contribution in [1.29, 1.82) is 0 Å². The monoisotopic (exact) mass is 378 g/mol. The van der Waals surface area contributed by atoms with Crippen LogP contribution < -0.4 is 4.74 Å². The molecule has 0 spiro atoms. The molecule has 0 aliphatic carbocycles. The number of aliphatic hydroxyl groups is 1. The molecule has 4 nitrogen and oxygen atoms in total. The molecule has 138 valence electrons. The third-order valence-electron chi connectivity index (χ3n) is 4.23. The van der Waals surface area contributed by atoms with Crippen LogP contribution in [0.1, 0.15) is 33.3 Å². The standard InChI is InChI=1S/C17H18ClF3O4/c1-15(2,3)16(4)13(22)12(14(23)25-16)10-6-5-9(7-11(10)18)24-8-17(19,20)21/h5-7,22H,8H2,1-4H3. The van der Waals surface area contributed by atoms with Crippen LogP contribution in [0.5, 0.6) is 5.75 Å². The fraction of sp³-hybridized carbons (Fsp3) is 0.471. The Kier molecular flexibility index (Phi) is 4.76. The molecule has 1 heterocycles. The normalized spacial score (nSPS) is 21.5. The van der Waals surface area contributed by atoms with Crippen LogP contribution >= 0.6 is 11.6 Å². The quantitative estimate of drug-likeness (QED) is 0.759. The van der Waals surface area contributed by atoms with Gasteiger partial charge in [-0.3, -0.25) is 0 Å². The largest absolute Gasteiger partial charge is 0.507 e. The van der Waals surface area contributed by atoms with Crippen LogP contribution in [0, 0.1) is 5.41 Å². The van der Waals surface area contributed by atoms with Crippen molar-refractivity contribution >= 4 is 23.1 Å². The molecule has 1 aromatic carbocycles. The number of carbonyl (C=O) groups excluding carboxylic acids is 1. The maximum Gasteiger partial charge on any atom is 0.422 e. The smallest absolute Gasteiger partial charge is 0.422 e. The Morgan fingerprint density at radius 3 is 2.32 bits per heavy atom. The first-order valence-electron chi connectivity index (χ1n) is 7.43. The summed E-state index contributed by atoms with van der Waals surface area (Å²) in [5, 5.41) is 10.5. The Morgan fingerprint density at radius 2 is 1.88 bits per heavy atom. The highest BCUT2D eigenvalue weighted by Crippen LogP contribution is 2.47. The van der Waals surface area contributed by atoms with Crippen molar-refractivity contribution in [3.8, 4) is 5.75 Å². The molecule has 1 aliphatic heterocycles. The lowest BCUT2D eigenvalue weighted by Gasteiger charge is -2.36. The summed E-state index contributed by atoms with van der Waals surface area (Å²) >= 11 is 6.08. The molecule has 0 aromatic heterocycles. The molecular formula is C17H18ClF3O4. The van der Waals surface area contributed by atoms with Crippen molar-refractivity contribution < 1.29 is 32.5 Å². The molecule has 1 N–H and O–H groups in total. The minimum atomic E-state index is -4.48. The molecule has 0 radical (unpaired) electrons. The van der Waals surface area contributed by atoms with Crippen molar-refractivity contribution in [2.45, 2.75) is 39.5 Å². The van der Waals surface area contributed by atoms with Crippen LogP contribution in [0.15, 0.2) is 24.0 Å². The van der Waals surface area contributed by atoms with Gasteiger partial charge in [-0.25, -0.2) is 4.79 Å². The number of aliphatic hydroxyl groups excluding tert-OH is 1. The van der Waals surface area contributed by atoms with E-state index in [2.05, 4.69) is 4.74 Å². The van der Waals surface area contributed by atoms with Crippen LogP contribution in [0.25, 0.3) is 5.57 Å². The lowest BCUT2D eigenvalue weighted by Crippen LogP contribution is -2.42. The molecule has 1 unspecified atom stereocenters. The van der Waals surface area contributed by atoms with Gasteiger partial charge in [-0.2, -0.15) is 13.2 Å². The van der Waals surface area contributed by atoms with Crippen molar-refractivity contribution in [3.63, 3.8) is 0 Å². The highest BCUT2D eigenvalue weighted by atomic mass is 35.5. The van der Waals surface area contributed by atoms with Crippen LogP contribution in [0.4, 0.5) is 13.2 Å². The van der Waals surface area contributed by atoms with Gasteiger partial charge in [0.25, 0.3) is 0 Å². The Balaban J connectivity index is 2.40. The number of cyclic esters (lactones) is 1. The highest BCUT2D eigenvalue weighted by molar-refractivity contribution is 6.35. The summed E-state index contributed by atoms with van der Waals surface area (Å²) in [6, 6.07) is 3.71. The van der Waals surface area contributed by atoms with E-state index < -0.39 is 29.8 Å². The molecule has 1 atom stereocenters. The SMILES string of the molecule is CC(C)(C)C1(C)OC(=O)C(c2ccc(OCC(F)(F)F)cc2Cl)=C1O. The van der Waals surface area contributed by atoms with Gasteiger partial charge in [0.15, 0.2) is 18.0 Å². The number of benzene rings is 1. The van der Waals surface area contributed by atoms with Gasteiger partial charge >= 0.3 is 12.1 Å². The van der Waals surface area contributed by atoms with E-state index in [0.29, 0.717) is 0 Å². The minimum Gasteiger partial charge on any atom is -0.507 e. The van der Waals surface area contributed by atoms with Crippen LogP contribution in [-0.4, -0.2) is 29.5 Å². The third-order valence-corrected chi connectivity index (χ3v) is 4.55. The summed E-state index contributed by atoms with van der Waals surface area (Å²) in [5.74, 6) is -1.12. The van der Waals surface area contributed by atoms with Gasteiger partial charge in [-0.05, 0) is 25.1 Å². The summed E-state index contributed by atoms with van der Waals surface area (Å²) in [6.45, 7) is 5.53. The van der Waals surface area contributed by atoms with E-state index in [1.54, 1.807) is 27.7 Å². The first-order valence-corrected chi connectivity index (χ1v) is 7.80. The summed E-state index contributed by atoms with van der Waals surface area (Å²) in [5.41, 5.74) is -1.77. The zero-order chi connectivity index (χ0) is 19.2. The van der Waals surface area contributed by atoms with E-state index in [1.165, 1.54) is 12.1 Å². The first kappa shape index (κ1) is 19.4. The summed E-state index contributed by atoms with van der Waals surface area (Å²) in [7, 11) is 0. The van der Waals surface area contributed by atoms with Gasteiger partial charge in [0.1, 0.15) is 11.3 Å². The number of halogens is 4. The second-order valence-electron chi connectivity index (χ2n) is 6.94. The van der Waals surface area contributed by atoms with E-state index in [9.17, 15) is 23.1 Å². The van der Waals surface area contributed by atoms with Gasteiger partial charge in [-0.15, -0.1) is 0 Å². The van der Waals surface area contributed by atoms with Crippen molar-refractivity contribution in [1.82, 2.24) is 0 Å². The lowest BCUT2D eigenvalue weighted by molar-refractivity contribution is -0.155. The molecule has 0 bridgehead atoms. The summed E-state index contributed by atoms with van der Waals surface area (Å²) in [6.07, 6.45) is -4.48. The third kappa shape index (κ3) is 3.71. The second-order valence-corrected chi connectivity index (χ2v) is 7.35. The van der Waals surface area contributed by atoms with E-state index in [4.69, 9.17) is 16.3 Å². The average molecular weight is 379 g/mol. The predicted octanol–water partition coefficient (Wildman–Crippen LogP) is 4.91. The number of esters is 1. The van der Waals surface area contributed by atoms with E-state index in [1.807, 2.05) is 0 Å². The predicted molar refractivity (Wildman–Crippen MR) is 86.5 cm³/mol. The maximum atomic E-state index is 12.3. The fourth-order valence-electron chi connectivity index (χ4n) is 2.32. The lowest BCUT2D eigenvalue weighted by atomic mass is 9.76. The van der Waals surface area contributed by atoms with E-state index in [-0.39, 0.29) is 27.7 Å². The van der Waals surface area contributed by atoms with Gasteiger partial charge in [0.2, 0.25) is 0 Å². The summed E-state index contributed by atoms with van der Waals surface area (Å²) in [4.78, 5) is 12.3. The molecule has 1 aliphatic rings. The number of hydrogen-bond acceptors (Lipinski definition) is 4. The van der Waals surface area contributed by atoms with Gasteiger partial charge in [-0.1, -0.05) is 32.4 Å². The van der Waals surface area contributed by atoms with Crippen molar-refractivity contribution in [3.05, 3.63) is 34.5 Å². The second kappa shape index (κ2) is 6.12. The molecule has 0 saturated carbocycles. The van der Waals surface area contributed by atoms with E-state index >= 15 is 0 Å². The number of alkyl halides is 3. The first-order chi connectivity index (χ1) is 11.3. The fourth-order valence-corrected chi connectivity index (χ4v) is 2.58. The van der Waals surface area contributed by atoms with Gasteiger partial charge < -0.3 is 14.6 Å². The van der Waals surface area contributed by atoms with Crippen LogP contribution in [0.3, 0.4) is 0 Å². The number of hydrogen-bond donors (Lipinski definition) is 1. The molecular weight excluding hydrogens is 361 g/mol. The molecule has 8 heteroatoms. The van der Waals surface area contributed by atoms with Gasteiger partial charge in [0, 0.05) is 11.0 Å². The van der Waals surface area contributed by atoms with Crippen LogP contribution in [0.2, 0.25) is 5.02 Å². The molecule has 25 heavy (non-hydrogen) atoms. The molecule has 2 rings (SSSR count).